The molecule has 3 heteroatoms. The molecule has 0 aromatic rings. The predicted octanol–water partition coefficient (Wildman–Crippen LogP) is 2.37. The van der Waals surface area contributed by atoms with Crippen LogP contribution in [0.1, 0.15) is 19.8 Å². The van der Waals surface area contributed by atoms with Crippen molar-refractivity contribution in [3.05, 3.63) is 6.92 Å². The van der Waals surface area contributed by atoms with Gasteiger partial charge in [0, 0.05) is 0 Å². The Morgan fingerprint density at radius 3 is 2.45 bits per heavy atom. The molecule has 0 N–H and O–H groups in total. The maximum Gasteiger partial charge on any atom is 0.293 e. The summed E-state index contributed by atoms with van der Waals surface area (Å²) in [4.78, 5) is 10.5. The molecule has 0 aliphatic carbocycles. The van der Waals surface area contributed by atoms with E-state index in [0.717, 1.165) is 18.9 Å². The molecule has 65 valence electrons. The minimum Gasteiger partial charge on any atom is -0.520 e. The van der Waals surface area contributed by atoms with Crippen LogP contribution in [0.15, 0.2) is 0 Å². The molecule has 0 rings (SSSR count). The van der Waals surface area contributed by atoms with Gasteiger partial charge in [0.25, 0.3) is 5.97 Å². The third-order valence-electron chi connectivity index (χ3n) is 1.52. The molecule has 0 amide bonds. The summed E-state index contributed by atoms with van der Waals surface area (Å²) in [5.74, 6) is -0.377. The first-order valence-electron chi connectivity index (χ1n) is 4.03. The van der Waals surface area contributed by atoms with Crippen molar-refractivity contribution >= 4 is 14.3 Å². The summed E-state index contributed by atoms with van der Waals surface area (Å²) in [6, 6.07) is 1.05. The molecule has 0 saturated heterocycles. The number of carbonyl (C=O) groups is 1. The molecule has 11 heavy (non-hydrogen) atoms. The second-order valence-electron chi connectivity index (χ2n) is 3.34. The maximum atomic E-state index is 10.5. The van der Waals surface area contributed by atoms with Gasteiger partial charge in [0.1, 0.15) is 0 Å². The van der Waals surface area contributed by atoms with Gasteiger partial charge >= 0.3 is 0 Å². The highest BCUT2D eigenvalue weighted by Crippen LogP contribution is 2.14. The lowest BCUT2D eigenvalue weighted by Crippen LogP contribution is -2.32. The van der Waals surface area contributed by atoms with E-state index in [1.807, 2.05) is 13.1 Å². The van der Waals surface area contributed by atoms with E-state index in [4.69, 9.17) is 4.43 Å². The Hall–Kier alpha value is -0.313. The highest BCUT2D eigenvalue weighted by Gasteiger charge is 2.24. The average molecular weight is 173 g/mol. The van der Waals surface area contributed by atoms with E-state index in [9.17, 15) is 4.79 Å². The van der Waals surface area contributed by atoms with Crippen molar-refractivity contribution in [3.8, 4) is 0 Å². The summed E-state index contributed by atoms with van der Waals surface area (Å²) in [7, 11) is -1.70. The molecule has 0 unspecified atom stereocenters. The normalized spacial score (nSPS) is 11.3. The fraction of sp³-hybridized carbons (Fsp3) is 0.750. The molecule has 2 nitrogen and oxygen atoms in total. The van der Waals surface area contributed by atoms with Gasteiger partial charge in [-0.25, -0.2) is 0 Å². The van der Waals surface area contributed by atoms with Crippen LogP contribution in [0.4, 0.5) is 0 Å². The fourth-order valence-corrected chi connectivity index (χ4v) is 2.89. The second-order valence-corrected chi connectivity index (χ2v) is 7.56. The van der Waals surface area contributed by atoms with E-state index < -0.39 is 8.32 Å². The van der Waals surface area contributed by atoms with Crippen LogP contribution in [0.25, 0.3) is 0 Å². The van der Waals surface area contributed by atoms with Gasteiger partial charge in [0.05, 0.1) is 6.92 Å². The molecule has 0 aromatic carbocycles. The zero-order valence-electron chi connectivity index (χ0n) is 7.64. The maximum absolute atomic E-state index is 10.5. The summed E-state index contributed by atoms with van der Waals surface area (Å²) in [5.41, 5.74) is 0. The predicted molar refractivity (Wildman–Crippen MR) is 48.6 cm³/mol. The molecule has 0 fully saturated rings. The topological polar surface area (TPSA) is 26.3 Å². The molecule has 1 radical (unpaired) electrons. The van der Waals surface area contributed by atoms with E-state index in [-0.39, 0.29) is 5.97 Å². The minimum absolute atomic E-state index is 0.377. The van der Waals surface area contributed by atoms with Crippen LogP contribution in [0.2, 0.25) is 19.1 Å². The van der Waals surface area contributed by atoms with Crippen molar-refractivity contribution < 1.29 is 9.22 Å². The first kappa shape index (κ1) is 10.7. The highest BCUT2D eigenvalue weighted by molar-refractivity contribution is 6.72. The standard InChI is InChI=1S/C8H17O2Si/c1-5-6-7-11(3,4)10-8(2)9/h2,5-7H2,1,3-4H3. The molecule has 0 aromatic heterocycles. The van der Waals surface area contributed by atoms with Crippen LogP contribution < -0.4 is 0 Å². The van der Waals surface area contributed by atoms with Gasteiger partial charge in [-0.15, -0.1) is 0 Å². The van der Waals surface area contributed by atoms with E-state index >= 15 is 0 Å². The number of hydrogen-bond acceptors (Lipinski definition) is 2. The lowest BCUT2D eigenvalue weighted by atomic mass is 10.4. The average Bonchev–Trinajstić information content (AvgIpc) is 1.81. The monoisotopic (exact) mass is 173 g/mol. The van der Waals surface area contributed by atoms with E-state index in [1.165, 1.54) is 0 Å². The summed E-state index contributed by atoms with van der Waals surface area (Å²) < 4.78 is 5.13. The molecule has 0 spiro atoms. The van der Waals surface area contributed by atoms with Crippen molar-refractivity contribution in [3.63, 3.8) is 0 Å². The van der Waals surface area contributed by atoms with Crippen LogP contribution >= 0.6 is 0 Å². The Morgan fingerprint density at radius 1 is 1.55 bits per heavy atom. The van der Waals surface area contributed by atoms with Gasteiger partial charge in [-0.05, 0) is 19.1 Å². The van der Waals surface area contributed by atoms with Crippen LogP contribution in [-0.4, -0.2) is 14.3 Å². The van der Waals surface area contributed by atoms with Crippen molar-refractivity contribution in [2.24, 2.45) is 0 Å². The smallest absolute Gasteiger partial charge is 0.293 e. The molecule has 0 atom stereocenters. The van der Waals surface area contributed by atoms with Gasteiger partial charge in [0.2, 0.25) is 8.32 Å². The highest BCUT2D eigenvalue weighted by atomic mass is 28.4. The first-order valence-corrected chi connectivity index (χ1v) is 7.14. The van der Waals surface area contributed by atoms with E-state index in [1.54, 1.807) is 0 Å². The number of hydrogen-bond donors (Lipinski definition) is 0. The minimum atomic E-state index is -1.70. The lowest BCUT2D eigenvalue weighted by Gasteiger charge is -2.20. The van der Waals surface area contributed by atoms with Crippen molar-refractivity contribution in [2.45, 2.75) is 38.9 Å². The third-order valence-corrected chi connectivity index (χ3v) is 3.86. The molecule has 0 saturated carbocycles. The Morgan fingerprint density at radius 2 is 2.09 bits per heavy atom. The van der Waals surface area contributed by atoms with Gasteiger partial charge in [-0.3, -0.25) is 4.79 Å². The van der Waals surface area contributed by atoms with Crippen molar-refractivity contribution in [1.29, 1.82) is 0 Å². The Balaban J connectivity index is 3.70. The summed E-state index contributed by atoms with van der Waals surface area (Å²) >= 11 is 0. The Labute approximate surface area is 70.1 Å². The molecule has 0 bridgehead atoms. The summed E-state index contributed by atoms with van der Waals surface area (Å²) in [5, 5.41) is 0. The van der Waals surface area contributed by atoms with Crippen LogP contribution in [-0.2, 0) is 9.22 Å². The fourth-order valence-electron chi connectivity index (χ4n) is 0.962. The largest absolute Gasteiger partial charge is 0.520 e. The quantitative estimate of drug-likeness (QED) is 0.610. The van der Waals surface area contributed by atoms with Gasteiger partial charge in [-0.2, -0.15) is 0 Å². The van der Waals surface area contributed by atoms with E-state index in [0.29, 0.717) is 0 Å². The number of rotatable bonds is 4. The van der Waals surface area contributed by atoms with E-state index in [2.05, 4.69) is 13.8 Å². The molecule has 0 aliphatic heterocycles. The number of unbranched alkanes of at least 4 members (excludes halogenated alkanes) is 1. The zero-order chi connectivity index (χ0) is 8.91. The van der Waals surface area contributed by atoms with Gasteiger partial charge in [-0.1, -0.05) is 19.8 Å². The van der Waals surface area contributed by atoms with Gasteiger partial charge < -0.3 is 4.43 Å². The molecular formula is C8H17O2Si. The lowest BCUT2D eigenvalue weighted by molar-refractivity contribution is -0.130. The SMILES string of the molecule is [CH2]C(=O)O[Si](C)(C)CCCC. The molecular weight excluding hydrogens is 156 g/mol. The van der Waals surface area contributed by atoms with Crippen molar-refractivity contribution in [1.82, 2.24) is 0 Å². The second kappa shape index (κ2) is 4.54. The van der Waals surface area contributed by atoms with Crippen molar-refractivity contribution in [2.75, 3.05) is 0 Å². The zero-order valence-corrected chi connectivity index (χ0v) is 8.64. The molecule has 0 aliphatic rings. The number of carbonyl (C=O) groups excluding carboxylic acids is 1. The van der Waals surface area contributed by atoms with Gasteiger partial charge in [0.15, 0.2) is 0 Å². The summed E-state index contributed by atoms with van der Waals surface area (Å²) in [6.45, 7) is 9.44. The summed E-state index contributed by atoms with van der Waals surface area (Å²) in [6.07, 6.45) is 2.30. The third kappa shape index (κ3) is 6.10. The molecule has 0 heterocycles. The van der Waals surface area contributed by atoms with Crippen LogP contribution in [0.3, 0.4) is 0 Å². The van der Waals surface area contributed by atoms with Crippen LogP contribution in [0.5, 0.6) is 0 Å². The van der Waals surface area contributed by atoms with Crippen LogP contribution in [0, 0.1) is 6.92 Å². The first-order chi connectivity index (χ1) is 4.98. The Kier molecular flexibility index (Phi) is 4.41. The Bertz CT molecular complexity index is 132.